The molecular formula is C13H25NO. The summed E-state index contributed by atoms with van der Waals surface area (Å²) in [7, 11) is 0. The van der Waals surface area contributed by atoms with Gasteiger partial charge in [0.1, 0.15) is 0 Å². The van der Waals surface area contributed by atoms with Gasteiger partial charge in [0, 0.05) is 19.2 Å². The van der Waals surface area contributed by atoms with Crippen molar-refractivity contribution in [2.45, 2.75) is 57.4 Å². The number of hydrogen-bond acceptors (Lipinski definition) is 2. The van der Waals surface area contributed by atoms with Crippen LogP contribution in [0.15, 0.2) is 0 Å². The highest BCUT2D eigenvalue weighted by Gasteiger charge is 2.16. The third-order valence-corrected chi connectivity index (χ3v) is 3.93. The first-order chi connectivity index (χ1) is 7.45. The fraction of sp³-hybridized carbons (Fsp3) is 1.00. The molecule has 0 amide bonds. The van der Waals surface area contributed by atoms with Crippen LogP contribution in [0, 0.1) is 5.92 Å². The summed E-state index contributed by atoms with van der Waals surface area (Å²) in [5.41, 5.74) is 0. The Morgan fingerprint density at radius 3 is 2.40 bits per heavy atom. The van der Waals surface area contributed by atoms with Gasteiger partial charge >= 0.3 is 0 Å². The largest absolute Gasteiger partial charge is 0.380 e. The van der Waals surface area contributed by atoms with Crippen LogP contribution in [0.3, 0.4) is 0 Å². The molecule has 88 valence electrons. The smallest absolute Gasteiger partial charge is 0.0591 e. The zero-order chi connectivity index (χ0) is 10.3. The Morgan fingerprint density at radius 2 is 1.73 bits per heavy atom. The van der Waals surface area contributed by atoms with Gasteiger partial charge < -0.3 is 10.1 Å². The monoisotopic (exact) mass is 211 g/mol. The summed E-state index contributed by atoms with van der Waals surface area (Å²) in [5, 5.41) is 3.57. The fourth-order valence-corrected chi connectivity index (χ4v) is 2.60. The molecule has 0 heterocycles. The molecule has 0 radical (unpaired) electrons. The molecule has 1 N–H and O–H groups in total. The van der Waals surface area contributed by atoms with E-state index in [0.717, 1.165) is 31.7 Å². The molecule has 0 aliphatic heterocycles. The van der Waals surface area contributed by atoms with Crippen molar-refractivity contribution < 1.29 is 4.74 Å². The maximum absolute atomic E-state index is 5.64. The molecule has 0 aromatic heterocycles. The maximum Gasteiger partial charge on any atom is 0.0591 e. The first-order valence-corrected chi connectivity index (χ1v) is 6.76. The normalized spacial score (nSPS) is 23.2. The van der Waals surface area contributed by atoms with Crippen LogP contribution in [0.2, 0.25) is 0 Å². The van der Waals surface area contributed by atoms with Crippen molar-refractivity contribution in [1.29, 1.82) is 0 Å². The van der Waals surface area contributed by atoms with Gasteiger partial charge in [-0.1, -0.05) is 32.1 Å². The molecule has 0 unspecified atom stereocenters. The van der Waals surface area contributed by atoms with Crippen LogP contribution < -0.4 is 5.32 Å². The van der Waals surface area contributed by atoms with Crippen LogP contribution in [-0.4, -0.2) is 25.8 Å². The van der Waals surface area contributed by atoms with Crippen molar-refractivity contribution in [1.82, 2.24) is 5.32 Å². The van der Waals surface area contributed by atoms with E-state index >= 15 is 0 Å². The summed E-state index contributed by atoms with van der Waals surface area (Å²) in [5.74, 6) is 0.993. The lowest BCUT2D eigenvalue weighted by atomic mass is 9.83. The van der Waals surface area contributed by atoms with Gasteiger partial charge in [-0.05, 0) is 25.2 Å². The highest BCUT2D eigenvalue weighted by atomic mass is 16.5. The Labute approximate surface area is 93.8 Å². The van der Waals surface area contributed by atoms with Crippen molar-refractivity contribution in [3.63, 3.8) is 0 Å². The van der Waals surface area contributed by atoms with E-state index in [1.54, 1.807) is 0 Å². The standard InChI is InChI=1S/C13H25NO/c1-2-7-13(6-1)14-9-11-15-10-8-12-4-3-5-12/h12-14H,1-11H2. The third kappa shape index (κ3) is 4.12. The van der Waals surface area contributed by atoms with E-state index in [1.165, 1.54) is 51.4 Å². The second-order valence-corrected chi connectivity index (χ2v) is 5.13. The average Bonchev–Trinajstić information content (AvgIpc) is 2.66. The zero-order valence-electron chi connectivity index (χ0n) is 9.84. The topological polar surface area (TPSA) is 21.3 Å². The van der Waals surface area contributed by atoms with Crippen LogP contribution in [0.1, 0.15) is 51.4 Å². The summed E-state index contributed by atoms with van der Waals surface area (Å²) in [6, 6.07) is 0.792. The quantitative estimate of drug-likeness (QED) is 0.654. The molecule has 2 rings (SSSR count). The molecule has 0 aromatic rings. The van der Waals surface area contributed by atoms with Gasteiger partial charge in [0.05, 0.1) is 6.61 Å². The van der Waals surface area contributed by atoms with Crippen LogP contribution >= 0.6 is 0 Å². The van der Waals surface area contributed by atoms with Gasteiger partial charge in [0.25, 0.3) is 0 Å². The Hall–Kier alpha value is -0.0800. The predicted molar refractivity (Wildman–Crippen MR) is 63.0 cm³/mol. The van der Waals surface area contributed by atoms with Crippen LogP contribution in [0.5, 0.6) is 0 Å². The minimum atomic E-state index is 0.792. The Balaban J connectivity index is 1.35. The molecular weight excluding hydrogens is 186 g/mol. The zero-order valence-corrected chi connectivity index (χ0v) is 9.84. The lowest BCUT2D eigenvalue weighted by molar-refractivity contribution is 0.107. The minimum absolute atomic E-state index is 0.792. The first-order valence-electron chi connectivity index (χ1n) is 6.76. The van der Waals surface area contributed by atoms with Crippen molar-refractivity contribution in [3.05, 3.63) is 0 Å². The van der Waals surface area contributed by atoms with Gasteiger partial charge in [-0.3, -0.25) is 0 Å². The number of hydrogen-bond donors (Lipinski definition) is 1. The van der Waals surface area contributed by atoms with Crippen LogP contribution in [0.25, 0.3) is 0 Å². The SMILES string of the molecule is C1CC(CCOCCNC2CCCC2)C1. The molecule has 0 bridgehead atoms. The van der Waals surface area contributed by atoms with Gasteiger partial charge in [0.2, 0.25) is 0 Å². The first kappa shape index (κ1) is 11.4. The highest BCUT2D eigenvalue weighted by molar-refractivity contribution is 4.73. The third-order valence-electron chi connectivity index (χ3n) is 3.93. The average molecular weight is 211 g/mol. The second-order valence-electron chi connectivity index (χ2n) is 5.13. The summed E-state index contributed by atoms with van der Waals surface area (Å²) in [6.45, 7) is 2.94. The van der Waals surface area contributed by atoms with Crippen molar-refractivity contribution >= 4 is 0 Å². The summed E-state index contributed by atoms with van der Waals surface area (Å²) in [6.07, 6.45) is 11.2. The van der Waals surface area contributed by atoms with E-state index in [9.17, 15) is 0 Å². The Kier molecular flexibility index (Phi) is 4.94. The van der Waals surface area contributed by atoms with Gasteiger partial charge in [-0.2, -0.15) is 0 Å². The van der Waals surface area contributed by atoms with Crippen molar-refractivity contribution in [2.24, 2.45) is 5.92 Å². The number of rotatable bonds is 7. The van der Waals surface area contributed by atoms with Gasteiger partial charge in [0.15, 0.2) is 0 Å². The maximum atomic E-state index is 5.64. The van der Waals surface area contributed by atoms with Crippen LogP contribution in [0.4, 0.5) is 0 Å². The molecule has 2 fully saturated rings. The molecule has 2 nitrogen and oxygen atoms in total. The van der Waals surface area contributed by atoms with Crippen molar-refractivity contribution in [2.75, 3.05) is 19.8 Å². The molecule has 0 atom stereocenters. The molecule has 2 aliphatic rings. The molecule has 15 heavy (non-hydrogen) atoms. The lowest BCUT2D eigenvalue weighted by Crippen LogP contribution is -2.29. The van der Waals surface area contributed by atoms with E-state index in [1.807, 2.05) is 0 Å². The number of nitrogens with one attached hydrogen (secondary N) is 1. The van der Waals surface area contributed by atoms with E-state index in [2.05, 4.69) is 5.32 Å². The molecule has 0 saturated heterocycles. The molecule has 2 aliphatic carbocycles. The summed E-state index contributed by atoms with van der Waals surface area (Å²) in [4.78, 5) is 0. The number of ether oxygens (including phenoxy) is 1. The van der Waals surface area contributed by atoms with E-state index in [0.29, 0.717) is 0 Å². The lowest BCUT2D eigenvalue weighted by Gasteiger charge is -2.24. The molecule has 0 spiro atoms. The highest BCUT2D eigenvalue weighted by Crippen LogP contribution is 2.29. The second kappa shape index (κ2) is 6.49. The summed E-state index contributed by atoms with van der Waals surface area (Å²) >= 11 is 0. The van der Waals surface area contributed by atoms with Gasteiger partial charge in [-0.15, -0.1) is 0 Å². The van der Waals surface area contributed by atoms with Crippen LogP contribution in [-0.2, 0) is 4.74 Å². The molecule has 2 saturated carbocycles. The van der Waals surface area contributed by atoms with E-state index in [-0.39, 0.29) is 0 Å². The van der Waals surface area contributed by atoms with E-state index in [4.69, 9.17) is 4.74 Å². The molecule has 0 aromatic carbocycles. The fourth-order valence-electron chi connectivity index (χ4n) is 2.60. The minimum Gasteiger partial charge on any atom is -0.380 e. The summed E-state index contributed by atoms with van der Waals surface area (Å²) < 4.78 is 5.64. The van der Waals surface area contributed by atoms with E-state index < -0.39 is 0 Å². The molecule has 2 heteroatoms. The van der Waals surface area contributed by atoms with Gasteiger partial charge in [-0.25, -0.2) is 0 Å². The Bertz CT molecular complexity index is 162. The predicted octanol–water partition coefficient (Wildman–Crippen LogP) is 2.73. The van der Waals surface area contributed by atoms with Crippen molar-refractivity contribution in [3.8, 4) is 0 Å². The Morgan fingerprint density at radius 1 is 0.933 bits per heavy atom.